The Kier molecular flexibility index (Phi) is 5.34. The van der Waals surface area contributed by atoms with Crippen molar-refractivity contribution in [1.82, 2.24) is 15.0 Å². The van der Waals surface area contributed by atoms with Crippen molar-refractivity contribution in [1.29, 1.82) is 0 Å². The molecule has 11 heteroatoms. The minimum Gasteiger partial charge on any atom is -0.481 e. The van der Waals surface area contributed by atoms with Gasteiger partial charge >= 0.3 is 5.97 Å². The van der Waals surface area contributed by atoms with E-state index in [1.807, 2.05) is 0 Å². The molecule has 0 radical (unpaired) electrons. The molecule has 2 rings (SSSR count). The summed E-state index contributed by atoms with van der Waals surface area (Å²) in [6, 6.07) is -0.513. The molecule has 2 atom stereocenters. The van der Waals surface area contributed by atoms with Crippen molar-refractivity contribution in [2.24, 2.45) is 5.92 Å². The Hall–Kier alpha value is -1.56. The molecule has 0 unspecified atom stereocenters. The number of carboxylic acids is 1. The number of carbonyl (C=O) groups is 2. The van der Waals surface area contributed by atoms with E-state index >= 15 is 0 Å². The molecule has 1 saturated heterocycles. The number of aliphatic carboxylic acids is 1. The lowest BCUT2D eigenvalue weighted by Crippen LogP contribution is -2.50. The smallest absolute Gasteiger partial charge is 0.307 e. The number of carbonyl (C=O) groups excluding carboxylic acids is 1. The Labute approximate surface area is 137 Å². The van der Waals surface area contributed by atoms with Crippen LogP contribution in [0.5, 0.6) is 0 Å². The summed E-state index contributed by atoms with van der Waals surface area (Å²) in [4.78, 5) is 26.1. The Morgan fingerprint density at radius 2 is 2.09 bits per heavy atom. The van der Waals surface area contributed by atoms with Gasteiger partial charge in [-0.3, -0.25) is 9.59 Å². The van der Waals surface area contributed by atoms with Crippen molar-refractivity contribution in [3.8, 4) is 0 Å². The molecule has 1 aromatic heterocycles. The van der Waals surface area contributed by atoms with Gasteiger partial charge in [0.15, 0.2) is 9.34 Å². The molecular weight excluding hydrogens is 344 g/mol. The highest BCUT2D eigenvalue weighted by atomic mass is 32.2. The van der Waals surface area contributed by atoms with Gasteiger partial charge in [-0.25, -0.2) is 18.1 Å². The number of nitrogens with zero attached hydrogens (tertiary/aromatic N) is 1. The first-order chi connectivity index (χ1) is 10.7. The minimum atomic E-state index is -3.83. The molecule has 0 aliphatic carbocycles. The fraction of sp³-hybridized carbons (Fsp3) is 0.583. The van der Waals surface area contributed by atoms with Crippen molar-refractivity contribution < 1.29 is 23.1 Å². The number of aromatic nitrogens is 1. The van der Waals surface area contributed by atoms with Gasteiger partial charge in [-0.15, -0.1) is 0 Å². The molecule has 2 heterocycles. The van der Waals surface area contributed by atoms with E-state index < -0.39 is 28.0 Å². The van der Waals surface area contributed by atoms with Crippen LogP contribution < -0.4 is 15.4 Å². The SMILES string of the molecule is CC(=O)Nc1nc(C)c(S(=O)(=O)N[C@H]2CNC[C@@H](C(=O)O)C2)s1. The predicted molar refractivity (Wildman–Crippen MR) is 83.9 cm³/mol. The van der Waals surface area contributed by atoms with E-state index in [1.54, 1.807) is 0 Å². The van der Waals surface area contributed by atoms with Crippen molar-refractivity contribution in [2.75, 3.05) is 18.4 Å². The summed E-state index contributed by atoms with van der Waals surface area (Å²) in [5.41, 5.74) is 0.282. The van der Waals surface area contributed by atoms with Gasteiger partial charge in [0.1, 0.15) is 0 Å². The van der Waals surface area contributed by atoms with Gasteiger partial charge < -0.3 is 15.7 Å². The lowest BCUT2D eigenvalue weighted by Gasteiger charge is -2.27. The number of hydrogen-bond acceptors (Lipinski definition) is 7. The van der Waals surface area contributed by atoms with Gasteiger partial charge in [0, 0.05) is 26.1 Å². The zero-order chi connectivity index (χ0) is 17.2. The normalized spacial score (nSPS) is 21.8. The first-order valence-electron chi connectivity index (χ1n) is 6.90. The third kappa shape index (κ3) is 4.47. The van der Waals surface area contributed by atoms with Crippen LogP contribution in [0.15, 0.2) is 4.21 Å². The van der Waals surface area contributed by atoms with E-state index in [-0.39, 0.29) is 27.4 Å². The highest BCUT2D eigenvalue weighted by Crippen LogP contribution is 2.27. The Balaban J connectivity index is 2.14. The molecule has 23 heavy (non-hydrogen) atoms. The largest absolute Gasteiger partial charge is 0.481 e. The fourth-order valence-electron chi connectivity index (χ4n) is 2.33. The summed E-state index contributed by atoms with van der Waals surface area (Å²) < 4.78 is 27.5. The maximum absolute atomic E-state index is 12.5. The van der Waals surface area contributed by atoms with E-state index in [2.05, 4.69) is 20.3 Å². The summed E-state index contributed by atoms with van der Waals surface area (Å²) >= 11 is 0.860. The van der Waals surface area contributed by atoms with E-state index in [9.17, 15) is 18.0 Å². The lowest BCUT2D eigenvalue weighted by atomic mass is 9.97. The van der Waals surface area contributed by atoms with Crippen molar-refractivity contribution in [3.63, 3.8) is 0 Å². The van der Waals surface area contributed by atoms with Crippen molar-refractivity contribution in [3.05, 3.63) is 5.69 Å². The molecule has 1 amide bonds. The third-order valence-electron chi connectivity index (χ3n) is 3.30. The van der Waals surface area contributed by atoms with Gasteiger partial charge in [0.2, 0.25) is 5.91 Å². The van der Waals surface area contributed by atoms with Crippen molar-refractivity contribution in [2.45, 2.75) is 30.5 Å². The van der Waals surface area contributed by atoms with Crippen molar-refractivity contribution >= 4 is 38.4 Å². The first-order valence-corrected chi connectivity index (χ1v) is 9.20. The van der Waals surface area contributed by atoms with Crippen LogP contribution in [0.3, 0.4) is 0 Å². The summed E-state index contributed by atoms with van der Waals surface area (Å²) in [5, 5.41) is 14.6. The zero-order valence-electron chi connectivity index (χ0n) is 12.6. The summed E-state index contributed by atoms with van der Waals surface area (Å²) in [6.45, 7) is 3.53. The average Bonchev–Trinajstić information content (AvgIpc) is 2.79. The Morgan fingerprint density at radius 3 is 2.70 bits per heavy atom. The molecule has 0 bridgehead atoms. The van der Waals surface area contributed by atoms with Gasteiger partial charge in [0.05, 0.1) is 11.6 Å². The molecule has 0 aromatic carbocycles. The highest BCUT2D eigenvalue weighted by Gasteiger charge is 2.31. The number of nitrogens with one attached hydrogen (secondary N) is 3. The van der Waals surface area contributed by atoms with E-state index in [4.69, 9.17) is 5.11 Å². The number of aryl methyl sites for hydroxylation is 1. The quantitative estimate of drug-likeness (QED) is 0.567. The molecule has 9 nitrogen and oxygen atoms in total. The standard InChI is InChI=1S/C12H18N4O5S2/c1-6-11(22-12(14-6)15-7(2)17)23(20,21)16-9-3-8(10(18)19)4-13-5-9/h8-9,13,16H,3-5H2,1-2H3,(H,18,19)(H,14,15,17)/t8-,9+/m0/s1. The van der Waals surface area contributed by atoms with E-state index in [0.29, 0.717) is 13.1 Å². The summed E-state index contributed by atoms with van der Waals surface area (Å²) in [6.07, 6.45) is 0.220. The maximum atomic E-state index is 12.5. The number of piperidine rings is 1. The number of amides is 1. The van der Waals surface area contributed by atoms with Crippen LogP contribution in [0, 0.1) is 12.8 Å². The number of rotatable bonds is 5. The predicted octanol–water partition coefficient (Wildman–Crippen LogP) is -0.249. The van der Waals surface area contributed by atoms with E-state index in [1.165, 1.54) is 13.8 Å². The Bertz CT molecular complexity index is 715. The summed E-state index contributed by atoms with van der Waals surface area (Å²) in [5.74, 6) is -1.92. The van der Waals surface area contributed by atoms with Gasteiger partial charge in [-0.2, -0.15) is 0 Å². The summed E-state index contributed by atoms with van der Waals surface area (Å²) in [7, 11) is -3.83. The molecular formula is C12H18N4O5S2. The molecule has 4 N–H and O–H groups in total. The molecule has 0 spiro atoms. The number of sulfonamides is 1. The van der Waals surface area contributed by atoms with E-state index in [0.717, 1.165) is 11.3 Å². The second-order valence-corrected chi connectivity index (χ2v) is 8.23. The van der Waals surface area contributed by atoms with Gasteiger partial charge in [-0.1, -0.05) is 11.3 Å². The van der Waals surface area contributed by atoms with Gasteiger partial charge in [-0.05, 0) is 13.3 Å². The first kappa shape index (κ1) is 17.8. The van der Waals surface area contributed by atoms with Crippen LogP contribution in [0.1, 0.15) is 19.0 Å². The molecule has 1 aliphatic heterocycles. The lowest BCUT2D eigenvalue weighted by molar-refractivity contribution is -0.142. The molecule has 1 fully saturated rings. The number of hydrogen-bond donors (Lipinski definition) is 4. The molecule has 0 saturated carbocycles. The maximum Gasteiger partial charge on any atom is 0.307 e. The zero-order valence-corrected chi connectivity index (χ0v) is 14.3. The number of carboxylic acid groups (broad SMARTS) is 1. The highest BCUT2D eigenvalue weighted by molar-refractivity contribution is 7.91. The minimum absolute atomic E-state index is 0.0127. The third-order valence-corrected chi connectivity index (χ3v) is 6.51. The molecule has 1 aliphatic rings. The Morgan fingerprint density at radius 1 is 1.39 bits per heavy atom. The fourth-order valence-corrected chi connectivity index (χ4v) is 5.05. The van der Waals surface area contributed by atoms with Crippen LogP contribution in [-0.2, 0) is 19.6 Å². The number of anilines is 1. The average molecular weight is 362 g/mol. The molecule has 1 aromatic rings. The second-order valence-electron chi connectivity index (χ2n) is 5.32. The van der Waals surface area contributed by atoms with Crippen LogP contribution in [0.2, 0.25) is 0 Å². The second kappa shape index (κ2) is 6.91. The van der Waals surface area contributed by atoms with Crippen LogP contribution >= 0.6 is 11.3 Å². The monoisotopic (exact) mass is 362 g/mol. The number of thiazole rings is 1. The van der Waals surface area contributed by atoms with Gasteiger partial charge in [0.25, 0.3) is 10.0 Å². The topological polar surface area (TPSA) is 137 Å². The molecule has 128 valence electrons. The van der Waals surface area contributed by atoms with Crippen LogP contribution in [0.25, 0.3) is 0 Å². The van der Waals surface area contributed by atoms with Crippen LogP contribution in [-0.4, -0.2) is 49.5 Å². The van der Waals surface area contributed by atoms with Crippen LogP contribution in [0.4, 0.5) is 5.13 Å².